The van der Waals surface area contributed by atoms with Gasteiger partial charge in [0, 0.05) is 5.75 Å². The molecule has 0 bridgehead atoms. The molecule has 1 fully saturated rings. The molecule has 7 heteroatoms. The van der Waals surface area contributed by atoms with Crippen LogP contribution in [0, 0.1) is 0 Å². The summed E-state index contributed by atoms with van der Waals surface area (Å²) in [6.07, 6.45) is -0.686. The molecule has 0 aliphatic carbocycles. The number of hydrogen-bond donors (Lipinski definition) is 2. The van der Waals surface area contributed by atoms with Gasteiger partial charge in [0.05, 0.1) is 0 Å². The topological polar surface area (TPSA) is 87.1 Å². The number of aromatic hydroxyl groups is 1. The Kier molecular flexibility index (Phi) is 5.14. The number of rotatable bonds is 4. The highest BCUT2D eigenvalue weighted by atomic mass is 32.2. The van der Waals surface area contributed by atoms with Crippen molar-refractivity contribution < 1.29 is 24.5 Å². The van der Waals surface area contributed by atoms with E-state index in [1.165, 1.54) is 28.8 Å². The molecule has 2 aromatic carbocycles. The maximum absolute atomic E-state index is 12.6. The van der Waals surface area contributed by atoms with Crippen LogP contribution in [0.4, 0.5) is 4.79 Å². The van der Waals surface area contributed by atoms with Crippen molar-refractivity contribution in [1.29, 1.82) is 0 Å². The molecule has 2 N–H and O–H groups in total. The summed E-state index contributed by atoms with van der Waals surface area (Å²) in [5.41, 5.74) is 1.48. The fourth-order valence-electron chi connectivity index (χ4n) is 2.65. The first kappa shape index (κ1) is 17.2. The fraction of sp³-hybridized carbons (Fsp3) is 0.222. The van der Waals surface area contributed by atoms with E-state index < -0.39 is 23.5 Å². The first-order valence-electron chi connectivity index (χ1n) is 7.68. The molecule has 1 unspecified atom stereocenters. The van der Waals surface area contributed by atoms with E-state index in [1.54, 1.807) is 12.1 Å². The maximum atomic E-state index is 12.6. The predicted octanol–water partition coefficient (Wildman–Crippen LogP) is 3.23. The number of phenols is 1. The van der Waals surface area contributed by atoms with Crippen LogP contribution in [0.3, 0.4) is 0 Å². The van der Waals surface area contributed by atoms with Crippen molar-refractivity contribution in [2.75, 3.05) is 5.75 Å². The van der Waals surface area contributed by atoms with Crippen LogP contribution in [0.25, 0.3) is 0 Å². The fourth-order valence-corrected chi connectivity index (χ4v) is 4.05. The quantitative estimate of drug-likeness (QED) is 0.871. The molecule has 2 aromatic rings. The summed E-state index contributed by atoms with van der Waals surface area (Å²) in [6.45, 7) is 0.0694. The second kappa shape index (κ2) is 7.48. The SMILES string of the molecule is O=C(O)[C@H]1CSC(c2cccc(O)c2)N1C(=O)OCc1ccccc1. The number of carbonyl (C=O) groups is 2. The molecule has 1 amide bonds. The van der Waals surface area contributed by atoms with Gasteiger partial charge < -0.3 is 14.9 Å². The summed E-state index contributed by atoms with van der Waals surface area (Å²) in [4.78, 5) is 25.3. The molecule has 0 radical (unpaired) electrons. The highest BCUT2D eigenvalue weighted by Crippen LogP contribution is 2.42. The van der Waals surface area contributed by atoms with E-state index >= 15 is 0 Å². The molecule has 130 valence electrons. The number of aliphatic carboxylic acids is 1. The van der Waals surface area contributed by atoms with Crippen molar-refractivity contribution in [3.05, 3.63) is 65.7 Å². The lowest BCUT2D eigenvalue weighted by Gasteiger charge is -2.26. The van der Waals surface area contributed by atoms with Gasteiger partial charge in [0.25, 0.3) is 0 Å². The van der Waals surface area contributed by atoms with E-state index in [9.17, 15) is 19.8 Å². The van der Waals surface area contributed by atoms with E-state index in [0.717, 1.165) is 5.56 Å². The standard InChI is InChI=1S/C18H17NO5S/c20-14-8-4-7-13(9-14)16-19(15(11-25-16)17(21)22)18(23)24-10-12-5-2-1-3-6-12/h1-9,15-16,20H,10-11H2,(H,21,22)/t15-,16?/m1/s1. The number of ether oxygens (including phenoxy) is 1. The molecule has 6 nitrogen and oxygen atoms in total. The maximum Gasteiger partial charge on any atom is 0.412 e. The Morgan fingerprint density at radius 1 is 1.16 bits per heavy atom. The van der Waals surface area contributed by atoms with Gasteiger partial charge in [-0.1, -0.05) is 42.5 Å². The zero-order chi connectivity index (χ0) is 17.8. The molecule has 1 saturated heterocycles. The van der Waals surface area contributed by atoms with Gasteiger partial charge in [-0.3, -0.25) is 4.90 Å². The number of carbonyl (C=O) groups excluding carboxylic acids is 1. The van der Waals surface area contributed by atoms with Crippen LogP contribution in [0.2, 0.25) is 0 Å². The molecular formula is C18H17NO5S. The van der Waals surface area contributed by atoms with Crippen LogP contribution < -0.4 is 0 Å². The van der Waals surface area contributed by atoms with E-state index in [4.69, 9.17) is 4.74 Å². The lowest BCUT2D eigenvalue weighted by molar-refractivity contribution is -0.141. The molecule has 2 atom stereocenters. The van der Waals surface area contributed by atoms with Crippen LogP contribution >= 0.6 is 11.8 Å². The number of amides is 1. The van der Waals surface area contributed by atoms with Crippen molar-refractivity contribution in [2.45, 2.75) is 18.0 Å². The number of phenolic OH excluding ortho intramolecular Hbond substituents is 1. The molecular weight excluding hydrogens is 342 g/mol. The second-order valence-corrected chi connectivity index (χ2v) is 6.70. The van der Waals surface area contributed by atoms with Gasteiger partial charge in [0.15, 0.2) is 0 Å². The average molecular weight is 359 g/mol. The van der Waals surface area contributed by atoms with E-state index in [2.05, 4.69) is 0 Å². The molecule has 25 heavy (non-hydrogen) atoms. The monoisotopic (exact) mass is 359 g/mol. The third-order valence-electron chi connectivity index (χ3n) is 3.86. The van der Waals surface area contributed by atoms with Gasteiger partial charge in [-0.25, -0.2) is 9.59 Å². The molecule has 1 heterocycles. The summed E-state index contributed by atoms with van der Waals surface area (Å²) in [5.74, 6) is -0.753. The minimum atomic E-state index is -1.08. The molecule has 0 saturated carbocycles. The Hall–Kier alpha value is -2.67. The summed E-state index contributed by atoms with van der Waals surface area (Å²) in [7, 11) is 0. The summed E-state index contributed by atoms with van der Waals surface area (Å²) >= 11 is 1.33. The number of hydrogen-bond acceptors (Lipinski definition) is 5. The minimum absolute atomic E-state index is 0.0643. The van der Waals surface area contributed by atoms with E-state index in [1.807, 2.05) is 30.3 Å². The third kappa shape index (κ3) is 3.88. The van der Waals surface area contributed by atoms with Gasteiger partial charge in [-0.15, -0.1) is 11.8 Å². The molecule has 0 aromatic heterocycles. The lowest BCUT2D eigenvalue weighted by atomic mass is 10.2. The van der Waals surface area contributed by atoms with Crippen LogP contribution in [-0.4, -0.2) is 39.0 Å². The van der Waals surface area contributed by atoms with Crippen LogP contribution in [0.5, 0.6) is 5.75 Å². The van der Waals surface area contributed by atoms with Crippen molar-refractivity contribution in [1.82, 2.24) is 4.90 Å². The highest BCUT2D eigenvalue weighted by molar-refractivity contribution is 7.99. The Bertz CT molecular complexity index is 767. The average Bonchev–Trinajstić information content (AvgIpc) is 3.06. The Morgan fingerprint density at radius 3 is 2.60 bits per heavy atom. The van der Waals surface area contributed by atoms with Crippen LogP contribution in [-0.2, 0) is 16.1 Å². The first-order valence-corrected chi connectivity index (χ1v) is 8.73. The summed E-state index contributed by atoms with van der Waals surface area (Å²) < 4.78 is 5.32. The van der Waals surface area contributed by atoms with Gasteiger partial charge in [0.1, 0.15) is 23.8 Å². The third-order valence-corrected chi connectivity index (χ3v) is 5.18. The normalized spacial score (nSPS) is 19.6. The van der Waals surface area contributed by atoms with Gasteiger partial charge in [-0.05, 0) is 23.3 Å². The van der Waals surface area contributed by atoms with E-state index in [0.29, 0.717) is 5.56 Å². The van der Waals surface area contributed by atoms with Gasteiger partial charge in [-0.2, -0.15) is 0 Å². The number of carboxylic acid groups (broad SMARTS) is 1. The smallest absolute Gasteiger partial charge is 0.412 e. The Morgan fingerprint density at radius 2 is 1.92 bits per heavy atom. The first-order chi connectivity index (χ1) is 12.1. The molecule has 1 aliphatic heterocycles. The number of thioether (sulfide) groups is 1. The minimum Gasteiger partial charge on any atom is -0.508 e. The molecule has 0 spiro atoms. The second-order valence-electron chi connectivity index (χ2n) is 5.58. The van der Waals surface area contributed by atoms with Crippen molar-refractivity contribution >= 4 is 23.8 Å². The van der Waals surface area contributed by atoms with Crippen molar-refractivity contribution in [2.24, 2.45) is 0 Å². The lowest BCUT2D eigenvalue weighted by Crippen LogP contribution is -2.43. The van der Waals surface area contributed by atoms with Crippen molar-refractivity contribution in [3.63, 3.8) is 0 Å². The number of carboxylic acids is 1. The summed E-state index contributed by atoms with van der Waals surface area (Å²) in [5, 5.41) is 18.6. The highest BCUT2D eigenvalue weighted by Gasteiger charge is 2.43. The van der Waals surface area contributed by atoms with E-state index in [-0.39, 0.29) is 18.1 Å². The number of benzene rings is 2. The molecule has 1 aliphatic rings. The van der Waals surface area contributed by atoms with Gasteiger partial charge >= 0.3 is 12.1 Å². The molecule has 3 rings (SSSR count). The zero-order valence-electron chi connectivity index (χ0n) is 13.2. The van der Waals surface area contributed by atoms with Crippen LogP contribution in [0.1, 0.15) is 16.5 Å². The van der Waals surface area contributed by atoms with Crippen molar-refractivity contribution in [3.8, 4) is 5.75 Å². The Labute approximate surface area is 149 Å². The predicted molar refractivity (Wildman–Crippen MR) is 93.2 cm³/mol. The largest absolute Gasteiger partial charge is 0.508 e. The summed E-state index contributed by atoms with van der Waals surface area (Å²) in [6, 6.07) is 14.7. The Balaban J connectivity index is 1.79. The zero-order valence-corrected chi connectivity index (χ0v) is 14.1. The number of nitrogens with zero attached hydrogens (tertiary/aromatic N) is 1. The van der Waals surface area contributed by atoms with Gasteiger partial charge in [0.2, 0.25) is 0 Å². The van der Waals surface area contributed by atoms with Crippen LogP contribution in [0.15, 0.2) is 54.6 Å².